The summed E-state index contributed by atoms with van der Waals surface area (Å²) >= 11 is 6.30. The number of anilines is 2. The fourth-order valence-electron chi connectivity index (χ4n) is 4.97. The number of imidazole rings is 1. The number of aryl methyl sites for hydroxylation is 2. The van der Waals surface area contributed by atoms with Gasteiger partial charge in [0.25, 0.3) is 0 Å². The Morgan fingerprint density at radius 2 is 2.09 bits per heavy atom. The fraction of sp³-hybridized carbons (Fsp3) is 0.560. The van der Waals surface area contributed by atoms with Crippen LogP contribution in [0.5, 0.6) is 0 Å². The van der Waals surface area contributed by atoms with Crippen LogP contribution in [-0.2, 0) is 13.0 Å². The van der Waals surface area contributed by atoms with E-state index >= 15 is 0 Å². The summed E-state index contributed by atoms with van der Waals surface area (Å²) in [5.41, 5.74) is 5.21. The first-order valence-electron chi connectivity index (χ1n) is 12.2. The molecule has 6 nitrogen and oxygen atoms in total. The van der Waals surface area contributed by atoms with Gasteiger partial charge < -0.3 is 0 Å². The van der Waals surface area contributed by atoms with Crippen LogP contribution < -0.4 is 4.90 Å². The van der Waals surface area contributed by atoms with Crippen LogP contribution in [-0.4, -0.2) is 42.0 Å². The number of hydrogen-bond acceptors (Lipinski definition) is 7. The highest BCUT2D eigenvalue weighted by atomic mass is 32.1. The minimum Gasteiger partial charge on any atom is -0.299 e. The van der Waals surface area contributed by atoms with Crippen LogP contribution in [0.3, 0.4) is 0 Å². The predicted octanol–water partition coefficient (Wildman–Crippen LogP) is 5.79. The molecular weight excluding hydrogens is 448 g/mol. The highest BCUT2D eigenvalue weighted by Gasteiger charge is 2.31. The van der Waals surface area contributed by atoms with E-state index < -0.39 is 0 Å². The molecule has 1 saturated heterocycles. The Hall–Kier alpha value is -1.90. The number of nitrogens with zero attached hydrogens (tertiary/aromatic N) is 6. The minimum absolute atomic E-state index is 0.461. The highest BCUT2D eigenvalue weighted by molar-refractivity contribution is 7.81. The monoisotopic (exact) mass is 482 g/mol. The average molecular weight is 483 g/mol. The molecule has 0 amide bonds. The predicted molar refractivity (Wildman–Crippen MR) is 140 cm³/mol. The molecule has 176 valence electrons. The molecule has 3 aromatic rings. The van der Waals surface area contributed by atoms with Crippen LogP contribution in [0.4, 0.5) is 10.8 Å². The number of rotatable bonds is 8. The molecule has 33 heavy (non-hydrogen) atoms. The number of hydrogen-bond donors (Lipinski definition) is 1. The summed E-state index contributed by atoms with van der Waals surface area (Å²) in [4.78, 5) is 14.5. The number of likely N-dealkylation sites (tertiary alicyclic amines) is 1. The number of allylic oxidation sites excluding steroid dienone is 1. The van der Waals surface area contributed by atoms with Gasteiger partial charge in [-0.15, -0.1) is 0 Å². The third kappa shape index (κ3) is 4.70. The molecule has 2 fully saturated rings. The number of piperidine rings is 1. The summed E-state index contributed by atoms with van der Waals surface area (Å²) in [6.45, 7) is 12.0. The van der Waals surface area contributed by atoms with Gasteiger partial charge in [0, 0.05) is 35.6 Å². The van der Waals surface area contributed by atoms with E-state index in [9.17, 15) is 0 Å². The first-order valence-corrected chi connectivity index (χ1v) is 13.5. The van der Waals surface area contributed by atoms with E-state index in [1.54, 1.807) is 11.5 Å². The number of fused-ring (bicyclic) bond motifs is 1. The van der Waals surface area contributed by atoms with E-state index in [4.69, 9.17) is 27.0 Å². The van der Waals surface area contributed by atoms with E-state index in [0.29, 0.717) is 11.2 Å². The molecule has 1 aliphatic heterocycles. The summed E-state index contributed by atoms with van der Waals surface area (Å²) in [6.07, 6.45) is 12.2. The van der Waals surface area contributed by atoms with Gasteiger partial charge in [-0.3, -0.25) is 14.2 Å². The zero-order valence-corrected chi connectivity index (χ0v) is 21.4. The van der Waals surface area contributed by atoms with Gasteiger partial charge in [-0.2, -0.15) is 17.0 Å². The molecule has 2 aliphatic rings. The van der Waals surface area contributed by atoms with E-state index in [2.05, 4.69) is 40.0 Å². The first kappa shape index (κ1) is 22.9. The molecule has 4 heterocycles. The largest absolute Gasteiger partial charge is 0.299 e. The molecule has 5 rings (SSSR count). The summed E-state index contributed by atoms with van der Waals surface area (Å²) < 4.78 is 7.02. The molecule has 0 bridgehead atoms. The van der Waals surface area contributed by atoms with Gasteiger partial charge in [-0.1, -0.05) is 19.9 Å². The van der Waals surface area contributed by atoms with Crippen molar-refractivity contribution >= 4 is 40.6 Å². The molecule has 8 heteroatoms. The van der Waals surface area contributed by atoms with Crippen molar-refractivity contribution in [1.29, 1.82) is 0 Å². The molecule has 2 unspecified atom stereocenters. The summed E-state index contributed by atoms with van der Waals surface area (Å²) in [5.74, 6) is 1.42. The third-order valence-corrected chi connectivity index (χ3v) is 8.53. The van der Waals surface area contributed by atoms with Gasteiger partial charge in [0.15, 0.2) is 11.5 Å². The fourth-order valence-corrected chi connectivity index (χ4v) is 6.18. The SMILES string of the molecule is C=C(CC1CCC1S)N(c1cc(CN2CCCCC2)ns1)c1nc(C)cn2c(CC)cnc12. The topological polar surface area (TPSA) is 49.6 Å². The standard InChI is InChI=1S/C25H34N6S2/c1-4-21-14-26-24-25(27-17(2)15-30(21)24)31(18(3)12-19-8-9-22(19)32)23-13-20(28-33-23)16-29-10-6-5-7-11-29/h13-15,19,22,32H,3-12,16H2,1-2H3. The van der Waals surface area contributed by atoms with Crippen molar-refractivity contribution in [1.82, 2.24) is 23.6 Å². The lowest BCUT2D eigenvalue weighted by atomic mass is 9.81. The van der Waals surface area contributed by atoms with Crippen LogP contribution in [0, 0.1) is 12.8 Å². The minimum atomic E-state index is 0.461. The van der Waals surface area contributed by atoms with Crippen LogP contribution in [0.15, 0.2) is 30.7 Å². The lowest BCUT2D eigenvalue weighted by Gasteiger charge is -2.35. The smallest absolute Gasteiger partial charge is 0.182 e. The van der Waals surface area contributed by atoms with E-state index in [0.717, 1.165) is 52.9 Å². The molecular formula is C25H34N6S2. The van der Waals surface area contributed by atoms with Crippen molar-refractivity contribution in [2.75, 3.05) is 18.0 Å². The van der Waals surface area contributed by atoms with Crippen molar-refractivity contribution < 1.29 is 0 Å². The zero-order valence-electron chi connectivity index (χ0n) is 19.7. The van der Waals surface area contributed by atoms with Crippen LogP contribution in [0.1, 0.15) is 62.5 Å². The molecule has 3 aromatic heterocycles. The molecule has 0 spiro atoms. The third-order valence-electron chi connectivity index (χ3n) is 7.04. The van der Waals surface area contributed by atoms with Gasteiger partial charge >= 0.3 is 0 Å². The Morgan fingerprint density at radius 1 is 1.27 bits per heavy atom. The van der Waals surface area contributed by atoms with Gasteiger partial charge in [0.2, 0.25) is 0 Å². The van der Waals surface area contributed by atoms with Crippen molar-refractivity contribution in [3.8, 4) is 0 Å². The van der Waals surface area contributed by atoms with Crippen molar-refractivity contribution in [3.63, 3.8) is 0 Å². The van der Waals surface area contributed by atoms with E-state index in [1.165, 1.54) is 50.9 Å². The molecule has 0 aromatic carbocycles. The van der Waals surface area contributed by atoms with Gasteiger partial charge in [-0.05, 0) is 82.1 Å². The van der Waals surface area contributed by atoms with Crippen LogP contribution >= 0.6 is 24.2 Å². The molecule has 1 aliphatic carbocycles. The molecule has 1 saturated carbocycles. The quantitative estimate of drug-likeness (QED) is 0.412. The van der Waals surface area contributed by atoms with Crippen molar-refractivity contribution in [2.45, 2.75) is 70.6 Å². The Balaban J connectivity index is 1.51. The van der Waals surface area contributed by atoms with Crippen molar-refractivity contribution in [3.05, 3.63) is 47.8 Å². The molecule has 0 radical (unpaired) electrons. The Kier molecular flexibility index (Phi) is 6.77. The van der Waals surface area contributed by atoms with Crippen molar-refractivity contribution in [2.24, 2.45) is 5.92 Å². The maximum Gasteiger partial charge on any atom is 0.182 e. The van der Waals surface area contributed by atoms with E-state index in [-0.39, 0.29) is 0 Å². The lowest BCUT2D eigenvalue weighted by molar-refractivity contribution is 0.219. The highest BCUT2D eigenvalue weighted by Crippen LogP contribution is 2.41. The maximum atomic E-state index is 4.97. The van der Waals surface area contributed by atoms with Crippen LogP contribution in [0.25, 0.3) is 5.65 Å². The second-order valence-electron chi connectivity index (χ2n) is 9.51. The molecule has 0 N–H and O–H groups in total. The first-order chi connectivity index (χ1) is 16.0. The van der Waals surface area contributed by atoms with Gasteiger partial charge in [-0.25, -0.2) is 9.97 Å². The lowest BCUT2D eigenvalue weighted by Crippen LogP contribution is -2.30. The van der Waals surface area contributed by atoms with Gasteiger partial charge in [0.1, 0.15) is 5.00 Å². The maximum absolute atomic E-state index is 4.97. The zero-order chi connectivity index (χ0) is 22.9. The molecule has 2 atom stereocenters. The summed E-state index contributed by atoms with van der Waals surface area (Å²) in [5, 5.41) is 1.53. The van der Waals surface area contributed by atoms with Crippen LogP contribution in [0.2, 0.25) is 0 Å². The van der Waals surface area contributed by atoms with Gasteiger partial charge in [0.05, 0.1) is 11.4 Å². The summed E-state index contributed by atoms with van der Waals surface area (Å²) in [6, 6.07) is 2.23. The van der Waals surface area contributed by atoms with E-state index in [1.807, 2.05) is 13.1 Å². The Labute approximate surface area is 206 Å². The Bertz CT molecular complexity index is 1130. The second kappa shape index (κ2) is 9.76. The normalized spacial score (nSPS) is 21.3. The average Bonchev–Trinajstić information content (AvgIpc) is 3.44. The Morgan fingerprint density at radius 3 is 2.79 bits per heavy atom. The number of thiol groups is 1. The second-order valence-corrected chi connectivity index (χ2v) is 11.0. The summed E-state index contributed by atoms with van der Waals surface area (Å²) in [7, 11) is 0. The number of aromatic nitrogens is 4.